The van der Waals surface area contributed by atoms with Gasteiger partial charge in [-0.3, -0.25) is 0 Å². The third-order valence-electron chi connectivity index (χ3n) is 1.94. The molecule has 0 N–H and O–H groups in total. The minimum Gasteiger partial charge on any atom is -0.343 e. The molecule has 90 valence electrons. The fraction of sp³-hybridized carbons (Fsp3) is 0.200. The van der Waals surface area contributed by atoms with Gasteiger partial charge in [0.15, 0.2) is 5.82 Å². The first kappa shape index (κ1) is 12.0. The number of hydrogen-bond donors (Lipinski definition) is 0. The van der Waals surface area contributed by atoms with Crippen molar-refractivity contribution < 1.29 is 17.7 Å². The van der Waals surface area contributed by atoms with Crippen LogP contribution in [0.15, 0.2) is 40.1 Å². The highest BCUT2D eigenvalue weighted by atomic mass is 32.2. The van der Waals surface area contributed by atoms with Gasteiger partial charge in [-0.05, 0) is 18.2 Å². The van der Waals surface area contributed by atoms with E-state index in [1.165, 1.54) is 24.2 Å². The van der Waals surface area contributed by atoms with E-state index in [0.717, 1.165) is 12.1 Å². The van der Waals surface area contributed by atoms with E-state index in [4.69, 9.17) is 0 Å². The lowest BCUT2D eigenvalue weighted by Crippen LogP contribution is -2.04. The van der Waals surface area contributed by atoms with Crippen LogP contribution in [0.3, 0.4) is 0 Å². The van der Waals surface area contributed by atoms with E-state index >= 15 is 0 Å². The Labute approximate surface area is 99.0 Å². The van der Waals surface area contributed by atoms with Crippen molar-refractivity contribution in [2.24, 2.45) is 0 Å². The molecule has 0 bridgehead atoms. The van der Waals surface area contributed by atoms with Crippen LogP contribution in [-0.2, 0) is 11.9 Å². The maximum Gasteiger partial charge on any atom is 0.416 e. The zero-order valence-electron chi connectivity index (χ0n) is 8.44. The molecular weight excluding hydrogens is 253 g/mol. The van der Waals surface area contributed by atoms with Crippen molar-refractivity contribution in [1.82, 2.24) is 10.1 Å². The van der Waals surface area contributed by atoms with Gasteiger partial charge in [0, 0.05) is 4.90 Å². The van der Waals surface area contributed by atoms with Gasteiger partial charge in [-0.1, -0.05) is 11.2 Å². The zero-order chi connectivity index (χ0) is 12.3. The molecule has 0 spiro atoms. The summed E-state index contributed by atoms with van der Waals surface area (Å²) >= 11 is 1.22. The third-order valence-corrected chi connectivity index (χ3v) is 2.93. The summed E-state index contributed by atoms with van der Waals surface area (Å²) < 4.78 is 41.8. The molecule has 0 unspecified atom stereocenters. The number of benzene rings is 1. The summed E-state index contributed by atoms with van der Waals surface area (Å²) in [5, 5.41) is 3.57. The monoisotopic (exact) mass is 260 g/mol. The number of thioether (sulfide) groups is 1. The molecule has 1 heterocycles. The summed E-state index contributed by atoms with van der Waals surface area (Å²) in [5.41, 5.74) is -0.657. The van der Waals surface area contributed by atoms with Crippen LogP contribution in [0.4, 0.5) is 13.2 Å². The van der Waals surface area contributed by atoms with Crippen molar-refractivity contribution >= 4 is 11.8 Å². The summed E-state index contributed by atoms with van der Waals surface area (Å²) in [6.07, 6.45) is -3.13. The van der Waals surface area contributed by atoms with Crippen LogP contribution in [0, 0.1) is 0 Å². The summed E-state index contributed by atoms with van der Waals surface area (Å²) in [7, 11) is 0. The summed E-state index contributed by atoms with van der Waals surface area (Å²) in [4.78, 5) is 4.30. The van der Waals surface area contributed by atoms with E-state index in [1.807, 2.05) is 0 Å². The Morgan fingerprint density at radius 1 is 1.29 bits per heavy atom. The van der Waals surface area contributed by atoms with E-state index in [9.17, 15) is 13.2 Å². The van der Waals surface area contributed by atoms with Gasteiger partial charge in [0.05, 0.1) is 11.3 Å². The Morgan fingerprint density at radius 2 is 2.12 bits per heavy atom. The molecule has 0 saturated carbocycles. The molecule has 0 saturated heterocycles. The second-order valence-electron chi connectivity index (χ2n) is 3.16. The maximum atomic E-state index is 12.4. The molecule has 0 fully saturated rings. The average molecular weight is 260 g/mol. The lowest BCUT2D eigenvalue weighted by atomic mass is 10.2. The highest BCUT2D eigenvalue weighted by Gasteiger charge is 2.30. The van der Waals surface area contributed by atoms with Crippen LogP contribution in [0.1, 0.15) is 11.4 Å². The molecule has 7 heteroatoms. The minimum absolute atomic E-state index is 0.373. The van der Waals surface area contributed by atoms with Gasteiger partial charge < -0.3 is 4.52 Å². The number of hydrogen-bond acceptors (Lipinski definition) is 4. The molecule has 1 aromatic carbocycles. The predicted molar refractivity (Wildman–Crippen MR) is 55.3 cm³/mol. The van der Waals surface area contributed by atoms with E-state index in [-0.39, 0.29) is 0 Å². The van der Waals surface area contributed by atoms with E-state index in [1.54, 1.807) is 6.07 Å². The van der Waals surface area contributed by atoms with Crippen molar-refractivity contribution in [3.8, 4) is 0 Å². The van der Waals surface area contributed by atoms with Crippen molar-refractivity contribution in [1.29, 1.82) is 0 Å². The second kappa shape index (κ2) is 4.79. The first-order valence-corrected chi connectivity index (χ1v) is 5.59. The van der Waals surface area contributed by atoms with Gasteiger partial charge in [0.1, 0.15) is 0 Å². The first-order chi connectivity index (χ1) is 8.05. The van der Waals surface area contributed by atoms with Gasteiger partial charge in [-0.15, -0.1) is 11.8 Å². The molecule has 1 aromatic heterocycles. The summed E-state index contributed by atoms with van der Waals surface area (Å²) in [5.74, 6) is 0.824. The molecule has 3 nitrogen and oxygen atoms in total. The van der Waals surface area contributed by atoms with Crippen molar-refractivity contribution in [2.75, 3.05) is 0 Å². The van der Waals surface area contributed by atoms with Crippen molar-refractivity contribution in [2.45, 2.75) is 16.8 Å². The van der Waals surface area contributed by atoms with E-state index in [2.05, 4.69) is 14.7 Å². The van der Waals surface area contributed by atoms with Crippen LogP contribution in [0.25, 0.3) is 0 Å². The van der Waals surface area contributed by atoms with Crippen molar-refractivity contribution in [3.63, 3.8) is 0 Å². The average Bonchev–Trinajstić information content (AvgIpc) is 2.78. The Bertz CT molecular complexity index is 485. The molecule has 2 rings (SSSR count). The molecule has 17 heavy (non-hydrogen) atoms. The zero-order valence-corrected chi connectivity index (χ0v) is 9.26. The van der Waals surface area contributed by atoms with Gasteiger partial charge >= 0.3 is 6.18 Å². The molecular formula is C10H7F3N2OS. The Kier molecular flexibility index (Phi) is 3.37. The highest BCUT2D eigenvalue weighted by Crippen LogP contribution is 2.32. The summed E-state index contributed by atoms with van der Waals surface area (Å²) in [6, 6.07) is 5.13. The van der Waals surface area contributed by atoms with Gasteiger partial charge in [-0.2, -0.15) is 18.2 Å². The van der Waals surface area contributed by atoms with Crippen LogP contribution >= 0.6 is 11.8 Å². The number of nitrogens with zero attached hydrogens (tertiary/aromatic N) is 2. The minimum atomic E-state index is -4.32. The molecule has 0 radical (unpaired) electrons. The highest BCUT2D eigenvalue weighted by molar-refractivity contribution is 7.98. The molecule has 0 amide bonds. The normalized spacial score (nSPS) is 11.7. The summed E-state index contributed by atoms with van der Waals surface area (Å²) in [6.45, 7) is 0. The van der Waals surface area contributed by atoms with Crippen LogP contribution in [0.2, 0.25) is 0 Å². The van der Waals surface area contributed by atoms with Crippen LogP contribution in [-0.4, -0.2) is 10.1 Å². The van der Waals surface area contributed by atoms with Crippen LogP contribution < -0.4 is 0 Å². The molecule has 0 atom stereocenters. The van der Waals surface area contributed by atoms with Gasteiger partial charge in [0.2, 0.25) is 6.39 Å². The fourth-order valence-corrected chi connectivity index (χ4v) is 1.97. The Morgan fingerprint density at radius 3 is 2.76 bits per heavy atom. The third kappa shape index (κ3) is 3.23. The molecule has 0 aliphatic rings. The Balaban J connectivity index is 2.07. The van der Waals surface area contributed by atoms with Gasteiger partial charge in [-0.25, -0.2) is 0 Å². The smallest absolute Gasteiger partial charge is 0.343 e. The lowest BCUT2D eigenvalue weighted by molar-refractivity contribution is -0.137. The van der Waals surface area contributed by atoms with E-state index < -0.39 is 11.7 Å². The maximum absolute atomic E-state index is 12.4. The Hall–Kier alpha value is -1.50. The van der Waals surface area contributed by atoms with Crippen LogP contribution in [0.5, 0.6) is 0 Å². The quantitative estimate of drug-likeness (QED) is 0.793. The largest absolute Gasteiger partial charge is 0.416 e. The second-order valence-corrected chi connectivity index (χ2v) is 4.21. The topological polar surface area (TPSA) is 38.9 Å². The molecule has 0 aliphatic heterocycles. The standard InChI is InChI=1S/C10H7F3N2OS/c11-10(12,13)7-2-1-3-8(4-7)17-5-9-14-6-16-15-9/h1-4,6H,5H2. The molecule has 0 aliphatic carbocycles. The lowest BCUT2D eigenvalue weighted by Gasteiger charge is -2.07. The number of rotatable bonds is 3. The number of alkyl halides is 3. The predicted octanol–water partition coefficient (Wildman–Crippen LogP) is 3.38. The number of halogens is 3. The fourth-order valence-electron chi connectivity index (χ4n) is 1.17. The first-order valence-electron chi connectivity index (χ1n) is 4.61. The number of aromatic nitrogens is 2. The SMILES string of the molecule is FC(F)(F)c1cccc(SCc2ncon2)c1. The molecule has 2 aromatic rings. The van der Waals surface area contributed by atoms with Gasteiger partial charge in [0.25, 0.3) is 0 Å². The van der Waals surface area contributed by atoms with Crippen molar-refractivity contribution in [3.05, 3.63) is 42.0 Å². The van der Waals surface area contributed by atoms with E-state index in [0.29, 0.717) is 16.5 Å².